The largest absolute Gasteiger partial charge is 4.00 e. The van der Waals surface area contributed by atoms with Crippen molar-refractivity contribution >= 4 is 36.5 Å². The van der Waals surface area contributed by atoms with E-state index in [9.17, 15) is 0 Å². The minimum Gasteiger partial charge on any atom is -0.857 e. The average molecular weight is 881 g/mol. The molecule has 64 heavy (non-hydrogen) atoms. The van der Waals surface area contributed by atoms with Gasteiger partial charge in [-0.2, -0.15) is 27.4 Å². The van der Waals surface area contributed by atoms with Crippen LogP contribution in [0.15, 0.2) is 236 Å². The van der Waals surface area contributed by atoms with Crippen LogP contribution >= 0.6 is 0 Å². The van der Waals surface area contributed by atoms with E-state index >= 15 is 0 Å². The quantitative estimate of drug-likeness (QED) is 0.0825. The van der Waals surface area contributed by atoms with Crippen molar-refractivity contribution in [3.63, 3.8) is 0 Å². The van der Waals surface area contributed by atoms with Gasteiger partial charge in [0.2, 0.25) is 0 Å². The van der Waals surface area contributed by atoms with E-state index in [1.54, 1.807) is 0 Å². The summed E-state index contributed by atoms with van der Waals surface area (Å²) in [5.41, 5.74) is 8.98. The Balaban J connectivity index is 0.000000803. The first-order valence-electron chi connectivity index (χ1n) is 20.8. The maximum atomic E-state index is 8.25. The van der Waals surface area contributed by atoms with Crippen LogP contribution in [-0.2, 0) is 21.7 Å². The molecule has 0 atom stereocenters. The number of rotatable bonds is 9. The summed E-state index contributed by atoms with van der Waals surface area (Å²) in [5.74, 6) is 0. The molecule has 0 bridgehead atoms. The molecule has 0 saturated heterocycles. The van der Waals surface area contributed by atoms with Crippen molar-refractivity contribution in [2.45, 2.75) is 27.2 Å². The van der Waals surface area contributed by atoms with Gasteiger partial charge in [0.25, 0.3) is 0 Å². The van der Waals surface area contributed by atoms with Gasteiger partial charge in [-0.1, -0.05) is 276 Å². The monoisotopic (exact) mass is 880 g/mol. The minimum absolute atomic E-state index is 0. The van der Waals surface area contributed by atoms with Crippen LogP contribution in [0.2, 0.25) is 0 Å². The summed E-state index contributed by atoms with van der Waals surface area (Å²) in [6.45, 7) is 6.64. The van der Waals surface area contributed by atoms with Crippen LogP contribution in [0.4, 0.5) is 0 Å². The molecule has 7 rings (SSSR count). The van der Waals surface area contributed by atoms with Crippen molar-refractivity contribution in [3.05, 3.63) is 276 Å². The van der Waals surface area contributed by atoms with Crippen LogP contribution in [0, 0.1) is 11.5 Å². The van der Waals surface area contributed by atoms with Crippen molar-refractivity contribution in [1.29, 1.82) is 0 Å². The molecule has 0 spiro atoms. The fourth-order valence-electron chi connectivity index (χ4n) is 5.30. The second-order valence-corrected chi connectivity index (χ2v) is 14.1. The molecule has 3 nitrogen and oxygen atoms in total. The first kappa shape index (κ1) is 57.8. The molecule has 0 aromatic heterocycles. The zero-order valence-corrected chi connectivity index (χ0v) is 39.9. The zero-order valence-electron chi connectivity index (χ0n) is 38.3. The normalized spacial score (nSPS) is 11.3. The van der Waals surface area contributed by atoms with Crippen LogP contribution in [0.5, 0.6) is 0 Å². The predicted molar refractivity (Wildman–Crippen MR) is 271 cm³/mol. The standard InChI is InChI=1S/3C16H14.C9H13.3CH3O.Ti/c3*1-3-9-15(10-4-1)13-7-8-14-16-11-5-2-6-12-16;1-9(2,3)8-6-4-5-7-8;3*1-2;/h3*1-14H;4,6H,5H2,1-3H3;3*1H3;/q;;;4*-1;+4. The van der Waals surface area contributed by atoms with Crippen molar-refractivity contribution < 1.29 is 37.0 Å². The van der Waals surface area contributed by atoms with Crippen LogP contribution in [0.1, 0.15) is 60.6 Å². The summed E-state index contributed by atoms with van der Waals surface area (Å²) in [4.78, 5) is 0. The first-order chi connectivity index (χ1) is 31.0. The van der Waals surface area contributed by atoms with Crippen molar-refractivity contribution in [1.82, 2.24) is 0 Å². The molecule has 0 fully saturated rings. The van der Waals surface area contributed by atoms with Gasteiger partial charge in [0.1, 0.15) is 0 Å². The third-order valence-electron chi connectivity index (χ3n) is 8.37. The van der Waals surface area contributed by atoms with Gasteiger partial charge in [0, 0.05) is 0 Å². The predicted octanol–water partition coefficient (Wildman–Crippen LogP) is 12.9. The number of benzene rings is 6. The Labute approximate surface area is 400 Å². The summed E-state index contributed by atoms with van der Waals surface area (Å²) >= 11 is 0. The average Bonchev–Trinajstić information content (AvgIpc) is 3.93. The molecule has 0 heterocycles. The molecule has 0 N–H and O–H groups in total. The Bertz CT molecular complexity index is 1830. The SMILES string of the molecule is C(C=Cc1ccccc1)=Cc1ccccc1.C(C=Cc1ccccc1)=Cc1ccccc1.C(C=Cc1ccccc1)=Cc1ccccc1.CC(C)(C)C1=[C-]CC=C1.C[O-].C[O-].C[O-].[Ti+4]. The molecule has 0 unspecified atom stereocenters. The Morgan fingerprint density at radius 2 is 0.531 bits per heavy atom. The van der Waals surface area contributed by atoms with E-state index in [2.05, 4.69) is 185 Å². The molecule has 0 saturated carbocycles. The molecule has 0 aliphatic heterocycles. The molecular formula is C60H64O3Ti. The fraction of sp³-hybridized carbons (Fsp3) is 0.133. The molecule has 4 heteroatoms. The van der Waals surface area contributed by atoms with E-state index in [-0.39, 0.29) is 21.7 Å². The van der Waals surface area contributed by atoms with Gasteiger partial charge >= 0.3 is 21.7 Å². The summed E-state index contributed by atoms with van der Waals surface area (Å²) in [7, 11) is 2.25. The number of allylic oxidation sites excluding steroid dienone is 10. The van der Waals surface area contributed by atoms with Crippen molar-refractivity contribution in [3.8, 4) is 0 Å². The molecule has 6 aromatic carbocycles. The number of hydrogen-bond acceptors (Lipinski definition) is 3. The van der Waals surface area contributed by atoms with Gasteiger partial charge in [0.05, 0.1) is 0 Å². The van der Waals surface area contributed by atoms with Gasteiger partial charge in [0.15, 0.2) is 0 Å². The molecule has 326 valence electrons. The van der Waals surface area contributed by atoms with E-state index in [0.29, 0.717) is 5.41 Å². The van der Waals surface area contributed by atoms with E-state index in [4.69, 9.17) is 15.3 Å². The van der Waals surface area contributed by atoms with E-state index in [1.165, 1.54) is 39.0 Å². The summed E-state index contributed by atoms with van der Waals surface area (Å²) in [5, 5.41) is 24.8. The summed E-state index contributed by atoms with van der Waals surface area (Å²) in [6.07, 6.45) is 33.6. The van der Waals surface area contributed by atoms with Gasteiger partial charge in [-0.15, -0.1) is 6.42 Å². The molecule has 0 amide bonds. The fourth-order valence-corrected chi connectivity index (χ4v) is 5.30. The molecule has 6 aromatic rings. The molecule has 0 radical (unpaired) electrons. The number of hydrogen-bond donors (Lipinski definition) is 0. The maximum absolute atomic E-state index is 8.25. The molecule has 1 aliphatic carbocycles. The molecule has 1 aliphatic rings. The maximum Gasteiger partial charge on any atom is 4.00 e. The van der Waals surface area contributed by atoms with Crippen LogP contribution in [0.3, 0.4) is 0 Å². The third kappa shape index (κ3) is 29.2. The first-order valence-corrected chi connectivity index (χ1v) is 20.8. The Morgan fingerprint density at radius 3 is 0.656 bits per heavy atom. The van der Waals surface area contributed by atoms with Crippen molar-refractivity contribution in [2.24, 2.45) is 5.41 Å². The summed E-state index contributed by atoms with van der Waals surface area (Å²) in [6, 6.07) is 61.7. The third-order valence-corrected chi connectivity index (χ3v) is 8.37. The molecular weight excluding hydrogens is 817 g/mol. The second-order valence-electron chi connectivity index (χ2n) is 14.1. The smallest absolute Gasteiger partial charge is 0.857 e. The summed E-state index contributed by atoms with van der Waals surface area (Å²) < 4.78 is 0. The topological polar surface area (TPSA) is 69.2 Å². The minimum atomic E-state index is 0. The van der Waals surface area contributed by atoms with Gasteiger partial charge in [-0.3, -0.25) is 6.08 Å². The van der Waals surface area contributed by atoms with Gasteiger partial charge in [-0.25, -0.2) is 11.6 Å². The zero-order chi connectivity index (χ0) is 46.1. The van der Waals surface area contributed by atoms with Crippen molar-refractivity contribution in [2.75, 3.05) is 21.3 Å². The Morgan fingerprint density at radius 1 is 0.344 bits per heavy atom. The van der Waals surface area contributed by atoms with E-state index < -0.39 is 0 Å². The van der Waals surface area contributed by atoms with Crippen LogP contribution in [-0.4, -0.2) is 21.3 Å². The Hall–Kier alpha value is -6.17. The van der Waals surface area contributed by atoms with Gasteiger partial charge < -0.3 is 15.3 Å². The Kier molecular flexibility index (Phi) is 35.8. The van der Waals surface area contributed by atoms with Crippen LogP contribution < -0.4 is 15.3 Å². The van der Waals surface area contributed by atoms with Crippen LogP contribution in [0.25, 0.3) is 36.5 Å². The van der Waals surface area contributed by atoms with Gasteiger partial charge in [-0.05, 0) is 38.8 Å². The second kappa shape index (κ2) is 39.7. The van der Waals surface area contributed by atoms with E-state index in [0.717, 1.165) is 27.8 Å². The van der Waals surface area contributed by atoms with E-state index in [1.807, 2.05) is 109 Å².